The maximum atomic E-state index is 11.6. The van der Waals surface area contributed by atoms with E-state index in [4.69, 9.17) is 4.42 Å². The minimum atomic E-state index is -2.88. The van der Waals surface area contributed by atoms with Crippen LogP contribution in [0.1, 0.15) is 25.5 Å². The highest BCUT2D eigenvalue weighted by Crippen LogP contribution is 2.34. The molecule has 0 atom stereocenters. The van der Waals surface area contributed by atoms with Gasteiger partial charge in [-0.3, -0.25) is 0 Å². The van der Waals surface area contributed by atoms with Gasteiger partial charge in [0.2, 0.25) is 5.76 Å². The Kier molecular flexibility index (Phi) is 4.25. The first kappa shape index (κ1) is 16.8. The van der Waals surface area contributed by atoms with Crippen molar-refractivity contribution in [3.05, 3.63) is 48.5 Å². The molecule has 0 amide bonds. The normalized spacial score (nSPS) is 17.0. The Hall–Kier alpha value is -2.65. The van der Waals surface area contributed by atoms with Gasteiger partial charge in [-0.05, 0) is 50.0 Å². The van der Waals surface area contributed by atoms with E-state index in [9.17, 15) is 8.42 Å². The third kappa shape index (κ3) is 3.11. The first-order valence-corrected chi connectivity index (χ1v) is 10.5. The van der Waals surface area contributed by atoms with Crippen LogP contribution in [0.15, 0.2) is 47.1 Å². The molecule has 3 heterocycles. The smallest absolute Gasteiger partial charge is 0.202 e. The average molecular weight is 368 g/mol. The topological polar surface area (TPSA) is 64.2 Å². The molecule has 5 nitrogen and oxygen atoms in total. The largest absolute Gasteiger partial charge is 0.443 e. The van der Waals surface area contributed by atoms with E-state index in [1.165, 1.54) is 0 Å². The van der Waals surface area contributed by atoms with E-state index in [1.807, 2.05) is 47.3 Å². The second-order valence-electron chi connectivity index (χ2n) is 6.50. The zero-order valence-electron chi connectivity index (χ0n) is 14.5. The highest BCUT2D eigenvalue weighted by Gasteiger charge is 2.25. The monoisotopic (exact) mass is 368 g/mol. The van der Waals surface area contributed by atoms with Crippen LogP contribution >= 0.6 is 0 Å². The summed E-state index contributed by atoms with van der Waals surface area (Å²) >= 11 is 0. The predicted molar refractivity (Wildman–Crippen MR) is 103 cm³/mol. The molecule has 134 valence electrons. The summed E-state index contributed by atoms with van der Waals surface area (Å²) < 4.78 is 31.4. The molecule has 0 radical (unpaired) electrons. The number of para-hydroxylation sites is 1. The maximum Gasteiger partial charge on any atom is 0.202 e. The molecule has 1 aliphatic rings. The maximum absolute atomic E-state index is 11.6. The Morgan fingerprint density at radius 1 is 1.15 bits per heavy atom. The van der Waals surface area contributed by atoms with E-state index in [0.717, 1.165) is 22.3 Å². The van der Waals surface area contributed by atoms with Crippen molar-refractivity contribution in [2.75, 3.05) is 16.8 Å². The number of anilines is 1. The molecule has 0 saturated carbocycles. The van der Waals surface area contributed by atoms with Crippen LogP contribution in [0.3, 0.4) is 0 Å². The first-order chi connectivity index (χ1) is 12.6. The molecule has 0 bridgehead atoms. The lowest BCUT2D eigenvalue weighted by Crippen LogP contribution is -2.32. The summed E-state index contributed by atoms with van der Waals surface area (Å²) in [5.41, 5.74) is 2.56. The predicted octanol–water partition coefficient (Wildman–Crippen LogP) is 3.58. The quantitative estimate of drug-likeness (QED) is 0.718. The number of nitrogens with zero attached hydrogens (tertiary/aromatic N) is 1. The molecule has 0 unspecified atom stereocenters. The van der Waals surface area contributed by atoms with Crippen molar-refractivity contribution < 1.29 is 12.8 Å². The number of sulfone groups is 1. The fourth-order valence-electron chi connectivity index (χ4n) is 3.41. The SMILES string of the molecule is CC#Cc1oc2c(NC3CCS(=O)(=O)CC3)cccc2c1-n1cccc1. The van der Waals surface area contributed by atoms with E-state index in [0.29, 0.717) is 18.6 Å². The number of fused-ring (bicyclic) bond motifs is 1. The van der Waals surface area contributed by atoms with Gasteiger partial charge in [-0.2, -0.15) is 0 Å². The minimum Gasteiger partial charge on any atom is -0.443 e. The number of rotatable bonds is 3. The molecule has 3 aromatic rings. The lowest BCUT2D eigenvalue weighted by molar-refractivity contribution is 0.558. The second-order valence-corrected chi connectivity index (χ2v) is 8.80. The summed E-state index contributed by atoms with van der Waals surface area (Å²) in [6, 6.07) is 10.0. The van der Waals surface area contributed by atoms with Crippen LogP contribution in [0, 0.1) is 11.8 Å². The zero-order chi connectivity index (χ0) is 18.1. The van der Waals surface area contributed by atoms with Gasteiger partial charge < -0.3 is 14.3 Å². The molecular weight excluding hydrogens is 348 g/mol. The number of benzene rings is 1. The van der Waals surface area contributed by atoms with Crippen molar-refractivity contribution >= 4 is 26.5 Å². The Morgan fingerprint density at radius 3 is 2.58 bits per heavy atom. The number of hydrogen-bond acceptors (Lipinski definition) is 4. The van der Waals surface area contributed by atoms with Gasteiger partial charge in [-0.25, -0.2) is 8.42 Å². The van der Waals surface area contributed by atoms with Crippen molar-refractivity contribution in [1.29, 1.82) is 0 Å². The molecule has 2 aromatic heterocycles. The molecule has 6 heteroatoms. The van der Waals surface area contributed by atoms with Crippen LogP contribution in [0.4, 0.5) is 5.69 Å². The summed E-state index contributed by atoms with van der Waals surface area (Å²) in [4.78, 5) is 0. The van der Waals surface area contributed by atoms with Crippen molar-refractivity contribution in [2.45, 2.75) is 25.8 Å². The van der Waals surface area contributed by atoms with Gasteiger partial charge in [-0.1, -0.05) is 12.0 Å². The fraction of sp³-hybridized carbons (Fsp3) is 0.300. The first-order valence-electron chi connectivity index (χ1n) is 8.66. The molecule has 1 fully saturated rings. The molecule has 4 rings (SSSR count). The summed E-state index contributed by atoms with van der Waals surface area (Å²) in [7, 11) is -2.88. The van der Waals surface area contributed by atoms with E-state index in [2.05, 4.69) is 17.2 Å². The number of aromatic nitrogens is 1. The molecular formula is C20H20N2O3S. The Balaban J connectivity index is 1.75. The molecule has 1 aliphatic heterocycles. The summed E-state index contributed by atoms with van der Waals surface area (Å²) in [5.74, 6) is 7.06. The minimum absolute atomic E-state index is 0.130. The van der Waals surface area contributed by atoms with Crippen LogP contribution in [0.25, 0.3) is 16.7 Å². The van der Waals surface area contributed by atoms with E-state index in [-0.39, 0.29) is 17.5 Å². The zero-order valence-corrected chi connectivity index (χ0v) is 15.3. The Bertz CT molecular complexity index is 1090. The van der Waals surface area contributed by atoms with Gasteiger partial charge in [0.1, 0.15) is 15.5 Å². The average Bonchev–Trinajstić information content (AvgIpc) is 3.24. The number of hydrogen-bond donors (Lipinski definition) is 1. The molecule has 1 saturated heterocycles. The van der Waals surface area contributed by atoms with E-state index >= 15 is 0 Å². The second kappa shape index (κ2) is 6.58. The molecule has 0 aliphatic carbocycles. The Morgan fingerprint density at radius 2 is 1.88 bits per heavy atom. The molecule has 26 heavy (non-hydrogen) atoms. The number of furan rings is 1. The van der Waals surface area contributed by atoms with Crippen LogP contribution in [0.2, 0.25) is 0 Å². The summed E-state index contributed by atoms with van der Waals surface area (Å²) in [5, 5.41) is 4.45. The summed E-state index contributed by atoms with van der Waals surface area (Å²) in [6.45, 7) is 1.79. The van der Waals surface area contributed by atoms with Gasteiger partial charge in [0.15, 0.2) is 5.58 Å². The van der Waals surface area contributed by atoms with Gasteiger partial charge in [-0.15, -0.1) is 0 Å². The molecule has 1 N–H and O–H groups in total. The van der Waals surface area contributed by atoms with Crippen LogP contribution in [-0.4, -0.2) is 30.5 Å². The Labute approximate surface area is 152 Å². The van der Waals surface area contributed by atoms with E-state index in [1.54, 1.807) is 6.92 Å². The lowest BCUT2D eigenvalue weighted by atomic mass is 10.1. The molecule has 1 aromatic carbocycles. The van der Waals surface area contributed by atoms with Crippen LogP contribution in [0.5, 0.6) is 0 Å². The van der Waals surface area contributed by atoms with Crippen molar-refractivity contribution in [3.63, 3.8) is 0 Å². The van der Waals surface area contributed by atoms with Crippen molar-refractivity contribution in [1.82, 2.24) is 4.57 Å². The standard InChI is InChI=1S/C20H20N2O3S/c1-2-6-18-19(22-11-3-4-12-22)16-7-5-8-17(20(16)25-18)21-15-9-13-26(23,24)14-10-15/h3-5,7-8,11-12,15,21H,9-10,13-14H2,1H3. The fourth-order valence-corrected chi connectivity index (χ4v) is 4.90. The number of nitrogens with one attached hydrogen (secondary N) is 1. The van der Waals surface area contributed by atoms with Crippen molar-refractivity contribution in [3.8, 4) is 17.5 Å². The highest BCUT2D eigenvalue weighted by molar-refractivity contribution is 7.91. The van der Waals surface area contributed by atoms with E-state index < -0.39 is 9.84 Å². The van der Waals surface area contributed by atoms with Gasteiger partial charge in [0, 0.05) is 23.8 Å². The third-order valence-electron chi connectivity index (χ3n) is 4.70. The van der Waals surface area contributed by atoms with Gasteiger partial charge in [0.05, 0.1) is 17.2 Å². The third-order valence-corrected chi connectivity index (χ3v) is 6.42. The van der Waals surface area contributed by atoms with Gasteiger partial charge in [0.25, 0.3) is 0 Å². The molecule has 0 spiro atoms. The van der Waals surface area contributed by atoms with Crippen LogP contribution in [-0.2, 0) is 9.84 Å². The lowest BCUT2D eigenvalue weighted by Gasteiger charge is -2.24. The summed E-state index contributed by atoms with van der Waals surface area (Å²) in [6.07, 6.45) is 5.17. The van der Waals surface area contributed by atoms with Gasteiger partial charge >= 0.3 is 0 Å². The highest BCUT2D eigenvalue weighted by atomic mass is 32.2. The van der Waals surface area contributed by atoms with Crippen LogP contribution < -0.4 is 5.32 Å². The van der Waals surface area contributed by atoms with Crippen molar-refractivity contribution in [2.24, 2.45) is 0 Å².